The molecule has 0 aromatic heterocycles. The molecule has 1 aromatic carbocycles. The Morgan fingerprint density at radius 2 is 2.17 bits per heavy atom. The lowest BCUT2D eigenvalue weighted by Crippen LogP contribution is -1.88. The van der Waals surface area contributed by atoms with Gasteiger partial charge in [0, 0.05) is 5.02 Å². The predicted octanol–water partition coefficient (Wildman–Crippen LogP) is 2.75. The van der Waals surface area contributed by atoms with Gasteiger partial charge in [-0.05, 0) is 23.8 Å². The maximum Gasteiger partial charge on any atom is 0.128 e. The molecule has 0 bridgehead atoms. The summed E-state index contributed by atoms with van der Waals surface area (Å²) in [6.45, 7) is 0. The van der Waals surface area contributed by atoms with E-state index in [1.54, 1.807) is 0 Å². The lowest BCUT2D eigenvalue weighted by atomic mass is 10.2. The molecule has 0 aliphatic rings. The van der Waals surface area contributed by atoms with E-state index in [-0.39, 0.29) is 5.56 Å². The summed E-state index contributed by atoms with van der Waals surface area (Å²) in [5, 5.41) is 1.47. The van der Waals surface area contributed by atoms with Crippen molar-refractivity contribution in [3.63, 3.8) is 0 Å². The minimum Gasteiger partial charge on any atom is -0.447 e. The Hall–Kier alpha value is -0.250. The van der Waals surface area contributed by atoms with Crippen LogP contribution in [-0.4, -0.2) is 5.37 Å². The van der Waals surface area contributed by atoms with Crippen molar-refractivity contribution in [2.45, 2.75) is 0 Å². The topological polar surface area (TPSA) is 17.1 Å². The molecule has 0 radical (unpaired) electrons. The first-order chi connectivity index (χ1) is 5.59. The van der Waals surface area contributed by atoms with E-state index in [0.29, 0.717) is 5.02 Å². The Balaban J connectivity index is 3.23. The smallest absolute Gasteiger partial charge is 0.128 e. The van der Waals surface area contributed by atoms with Crippen LogP contribution in [0.1, 0.15) is 5.56 Å². The lowest BCUT2D eigenvalue weighted by molar-refractivity contribution is 0.608. The van der Waals surface area contributed by atoms with Crippen LogP contribution < -0.4 is 0 Å². The van der Waals surface area contributed by atoms with Gasteiger partial charge in [-0.3, -0.25) is 0 Å². The van der Waals surface area contributed by atoms with Crippen molar-refractivity contribution < 1.29 is 8.60 Å². The summed E-state index contributed by atoms with van der Waals surface area (Å²) < 4.78 is 23.3. The SMILES string of the molecule is O=[S-](Cl)=Cc1cc(Cl)ccc1F. The molecule has 0 N–H and O–H groups in total. The van der Waals surface area contributed by atoms with Crippen molar-refractivity contribution in [1.29, 1.82) is 0 Å². The minimum absolute atomic E-state index is 0.149. The molecule has 0 heterocycles. The van der Waals surface area contributed by atoms with Crippen molar-refractivity contribution in [3.8, 4) is 0 Å². The van der Waals surface area contributed by atoms with Crippen LogP contribution >= 0.6 is 22.3 Å². The van der Waals surface area contributed by atoms with E-state index in [1.165, 1.54) is 18.2 Å². The standard InChI is InChI=1S/C7H4Cl2FOS/c8-6-1-2-7(10)5(3-6)4-12(9)11/h1-4H/q-1. The molecule has 0 amide bonds. The molecule has 1 nitrogen and oxygen atoms in total. The molecular formula is C7H4Cl2FOS-. The third-order valence-electron chi connectivity index (χ3n) is 1.18. The van der Waals surface area contributed by atoms with Gasteiger partial charge in [-0.15, -0.1) is 5.37 Å². The average molecular weight is 226 g/mol. The van der Waals surface area contributed by atoms with E-state index < -0.39 is 15.4 Å². The maximum absolute atomic E-state index is 12.8. The van der Waals surface area contributed by atoms with Crippen molar-refractivity contribution in [1.82, 2.24) is 0 Å². The molecule has 0 saturated heterocycles. The highest BCUT2D eigenvalue weighted by Crippen LogP contribution is 2.13. The Morgan fingerprint density at radius 3 is 2.75 bits per heavy atom. The number of rotatable bonds is 1. The molecule has 0 unspecified atom stereocenters. The van der Waals surface area contributed by atoms with Crippen LogP contribution in [0.3, 0.4) is 0 Å². The molecule has 0 spiro atoms. The summed E-state index contributed by atoms with van der Waals surface area (Å²) in [6.07, 6.45) is 0. The third kappa shape index (κ3) is 2.66. The van der Waals surface area contributed by atoms with Crippen molar-refractivity contribution in [2.75, 3.05) is 0 Å². The molecule has 5 heteroatoms. The molecule has 0 aliphatic carbocycles. The average Bonchev–Trinajstić information content (AvgIpc) is 1.96. The number of hydrogen-bond acceptors (Lipinski definition) is 2. The quantitative estimate of drug-likeness (QED) is 0.408. The van der Waals surface area contributed by atoms with E-state index in [4.69, 9.17) is 22.3 Å². The van der Waals surface area contributed by atoms with Gasteiger partial charge >= 0.3 is 0 Å². The minimum atomic E-state index is -1.69. The second kappa shape index (κ2) is 4.12. The van der Waals surface area contributed by atoms with Gasteiger partial charge in [0.25, 0.3) is 0 Å². The van der Waals surface area contributed by atoms with Gasteiger partial charge in [0.15, 0.2) is 0 Å². The van der Waals surface area contributed by atoms with Gasteiger partial charge in [0.05, 0.1) is 0 Å². The van der Waals surface area contributed by atoms with Crippen LogP contribution in [0.5, 0.6) is 0 Å². The zero-order chi connectivity index (χ0) is 9.14. The number of benzene rings is 1. The van der Waals surface area contributed by atoms with Crippen LogP contribution in [-0.2, 0) is 13.8 Å². The zero-order valence-corrected chi connectivity index (χ0v) is 8.09. The molecule has 66 valence electrons. The van der Waals surface area contributed by atoms with Gasteiger partial charge in [0.2, 0.25) is 0 Å². The second-order valence-electron chi connectivity index (χ2n) is 2.03. The normalized spacial score (nSPS) is 13.2. The monoisotopic (exact) mass is 225 g/mol. The Kier molecular flexibility index (Phi) is 3.38. The van der Waals surface area contributed by atoms with Gasteiger partial charge in [-0.1, -0.05) is 11.6 Å². The van der Waals surface area contributed by atoms with Gasteiger partial charge < -0.3 is 4.21 Å². The van der Waals surface area contributed by atoms with Crippen molar-refractivity contribution in [2.24, 2.45) is 0 Å². The molecule has 0 atom stereocenters. The molecule has 0 aliphatic heterocycles. The fourth-order valence-electron chi connectivity index (χ4n) is 0.705. The molecule has 1 aromatic rings. The van der Waals surface area contributed by atoms with Crippen LogP contribution in [0.4, 0.5) is 4.39 Å². The van der Waals surface area contributed by atoms with E-state index in [0.717, 1.165) is 5.37 Å². The van der Waals surface area contributed by atoms with Crippen molar-refractivity contribution in [3.05, 3.63) is 34.6 Å². The first kappa shape index (κ1) is 9.84. The van der Waals surface area contributed by atoms with Gasteiger partial charge in [-0.2, -0.15) is 9.60 Å². The van der Waals surface area contributed by atoms with Crippen LogP contribution in [0.2, 0.25) is 5.02 Å². The summed E-state index contributed by atoms with van der Waals surface area (Å²) in [4.78, 5) is 0. The second-order valence-corrected chi connectivity index (χ2v) is 4.11. The summed E-state index contributed by atoms with van der Waals surface area (Å²) in [6, 6.07) is 3.96. The van der Waals surface area contributed by atoms with Crippen LogP contribution in [0.15, 0.2) is 18.2 Å². The highest BCUT2D eigenvalue weighted by atomic mass is 35.7. The van der Waals surface area contributed by atoms with E-state index >= 15 is 0 Å². The predicted molar refractivity (Wildman–Crippen MR) is 50.5 cm³/mol. The van der Waals surface area contributed by atoms with Gasteiger partial charge in [0.1, 0.15) is 5.82 Å². The van der Waals surface area contributed by atoms with Crippen LogP contribution in [0, 0.1) is 5.82 Å². The van der Waals surface area contributed by atoms with Crippen molar-refractivity contribution >= 4 is 37.3 Å². The Labute approximate surface area is 80.7 Å². The number of halogens is 3. The van der Waals surface area contributed by atoms with Gasteiger partial charge in [-0.25, -0.2) is 15.1 Å². The zero-order valence-electron chi connectivity index (χ0n) is 5.76. The summed E-state index contributed by atoms with van der Waals surface area (Å²) in [5.41, 5.74) is 0.149. The molecule has 1 rings (SSSR count). The molecular weight excluding hydrogens is 222 g/mol. The van der Waals surface area contributed by atoms with Crippen LogP contribution in [0.25, 0.3) is 0 Å². The highest BCUT2D eigenvalue weighted by molar-refractivity contribution is 8.06. The first-order valence-corrected chi connectivity index (χ1v) is 5.38. The third-order valence-corrected chi connectivity index (χ3v) is 2.12. The molecule has 0 saturated carbocycles. The van der Waals surface area contributed by atoms with E-state index in [2.05, 4.69) is 0 Å². The summed E-state index contributed by atoms with van der Waals surface area (Å²) in [5.74, 6) is -0.492. The molecule has 0 fully saturated rings. The fraction of sp³-hybridized carbons (Fsp3) is 0. The largest absolute Gasteiger partial charge is 0.447 e. The lowest BCUT2D eigenvalue weighted by Gasteiger charge is -1.99. The Bertz CT molecular complexity index is 372. The summed E-state index contributed by atoms with van der Waals surface area (Å²) in [7, 11) is 3.46. The van der Waals surface area contributed by atoms with E-state index in [1.807, 2.05) is 0 Å². The Morgan fingerprint density at radius 1 is 1.50 bits per heavy atom. The fourth-order valence-corrected chi connectivity index (χ4v) is 1.55. The number of hydrogen-bond donors (Lipinski definition) is 0. The highest BCUT2D eigenvalue weighted by Gasteiger charge is 1.96. The summed E-state index contributed by atoms with van der Waals surface area (Å²) >= 11 is 5.57. The maximum atomic E-state index is 12.8. The first-order valence-electron chi connectivity index (χ1n) is 2.96. The van der Waals surface area contributed by atoms with E-state index in [9.17, 15) is 8.60 Å². The molecule has 12 heavy (non-hydrogen) atoms.